The molecule has 0 aromatic heterocycles. The molecule has 24 heavy (non-hydrogen) atoms. The number of hydrogen-bond acceptors (Lipinski definition) is 5. The predicted octanol–water partition coefficient (Wildman–Crippen LogP) is 1.55. The van der Waals surface area contributed by atoms with Crippen LogP contribution in [0.4, 0.5) is 0 Å². The monoisotopic (exact) mass is 555 g/mol. The van der Waals surface area contributed by atoms with Gasteiger partial charge in [-0.25, -0.2) is 0 Å². The summed E-state index contributed by atoms with van der Waals surface area (Å²) in [7, 11) is 4.25. The Morgan fingerprint density at radius 3 is 1.96 bits per heavy atom. The summed E-state index contributed by atoms with van der Waals surface area (Å²) in [5, 5.41) is 5.75. The Bertz CT molecular complexity index is 441. The smallest absolute Gasteiger partial charge is 0.0379 e. The molecular weight excluding hydrogens is 522 g/mol. The zero-order valence-electron chi connectivity index (χ0n) is 16.8. The Balaban J connectivity index is 0.000000379. The Morgan fingerprint density at radius 1 is 0.833 bits per heavy atom. The van der Waals surface area contributed by atoms with Crippen LogP contribution in [0.5, 0.6) is 0 Å². The van der Waals surface area contributed by atoms with Gasteiger partial charge in [0.15, 0.2) is 0 Å². The molecule has 8 heteroatoms. The topological polar surface area (TPSA) is 55.1 Å². The van der Waals surface area contributed by atoms with Gasteiger partial charge in [0.2, 0.25) is 0 Å². The molecule has 4 aliphatic rings. The third-order valence-electron chi connectivity index (χ3n) is 4.65. The second-order valence-electron chi connectivity index (χ2n) is 6.19. The molecule has 0 saturated carbocycles. The van der Waals surface area contributed by atoms with Crippen LogP contribution in [0.15, 0.2) is 9.98 Å². The van der Waals surface area contributed by atoms with E-state index in [2.05, 4.69) is 28.2 Å². The number of nitrogens with one attached hydrogen (secondary N) is 1. The van der Waals surface area contributed by atoms with Crippen molar-refractivity contribution >= 4 is 27.6 Å². The van der Waals surface area contributed by atoms with Crippen molar-refractivity contribution in [3.8, 4) is 0 Å². The van der Waals surface area contributed by atoms with Gasteiger partial charge in [0.05, 0.1) is 11.7 Å². The summed E-state index contributed by atoms with van der Waals surface area (Å²) >= 11 is 0. The molecule has 0 aromatic rings. The number of hydrogen-bond donors (Lipinski definition) is 1. The number of amidine groups is 2. The van der Waals surface area contributed by atoms with E-state index < -0.39 is 0 Å². The van der Waals surface area contributed by atoms with Crippen molar-refractivity contribution in [2.75, 3.05) is 39.3 Å². The van der Waals surface area contributed by atoms with Crippen LogP contribution >= 0.6 is 0 Å². The zero-order valence-corrected chi connectivity index (χ0v) is 19.0. The van der Waals surface area contributed by atoms with Crippen LogP contribution in [0.2, 0.25) is 0 Å². The van der Waals surface area contributed by atoms with Gasteiger partial charge >= 0.3 is 14.3 Å². The molecule has 0 atom stereocenters. The summed E-state index contributed by atoms with van der Waals surface area (Å²) in [6.07, 6.45) is 10.4. The van der Waals surface area contributed by atoms with Crippen molar-refractivity contribution in [3.05, 3.63) is 0 Å². The molecule has 0 spiro atoms. The van der Waals surface area contributed by atoms with Gasteiger partial charge in [0.25, 0.3) is 0 Å². The van der Waals surface area contributed by atoms with Crippen molar-refractivity contribution in [1.29, 1.82) is 7.98 Å². The van der Waals surface area contributed by atoms with Gasteiger partial charge in [-0.3, -0.25) is 9.98 Å². The first-order valence-corrected chi connectivity index (χ1v) is 8.79. The molecule has 0 amide bonds. The number of rotatable bonds is 0. The molecule has 0 aromatic carbocycles. The minimum atomic E-state index is 0. The molecule has 130 valence electrons. The first-order chi connectivity index (χ1) is 12.3. The summed E-state index contributed by atoms with van der Waals surface area (Å²) in [6, 6.07) is 0. The summed E-state index contributed by atoms with van der Waals surface area (Å²) in [4.78, 5) is 13.9. The van der Waals surface area contributed by atoms with Crippen molar-refractivity contribution in [3.63, 3.8) is 0 Å². The van der Waals surface area contributed by atoms with Gasteiger partial charge in [0, 0.05) is 91.6 Å². The minimum absolute atomic E-state index is 0. The number of piperidine rings is 1. The maximum absolute atomic E-state index is 5.75. The standard InChI is InChI=1S/C9H16N2.C7H12N2.BH2N.BH.U/c1-3-7-11-8-4-2-6-10-9(11)5-1;1-3-7-8-4-2-6-9(7)5-1;1-2;;/h1-8H2;1-6H2;1-2H;1H;/i;;2*1D;. The van der Waals surface area contributed by atoms with Crippen LogP contribution in [0, 0.1) is 36.4 Å². The maximum Gasteiger partial charge on any atom is 0.0379 e. The fraction of sp³-hybridized carbons (Fsp3) is 0.875. The van der Waals surface area contributed by atoms with Gasteiger partial charge < -0.3 is 9.80 Å². The Labute approximate surface area is 176 Å². The first kappa shape index (κ1) is 20.2. The molecule has 2 saturated heterocycles. The Hall–Kier alpha value is -0.0782. The first-order valence-electron chi connectivity index (χ1n) is 9.94. The largest absolute Gasteiger partial charge is 0.0379 e. The average molecular weight is 555 g/mol. The molecular formula is C16H31B2N5U. The number of nitrogens with zero attached hydrogens (tertiary/aromatic N) is 4. The third-order valence-corrected chi connectivity index (χ3v) is 4.65. The van der Waals surface area contributed by atoms with Crippen molar-refractivity contribution < 1.29 is 31.1 Å². The fourth-order valence-corrected chi connectivity index (χ4v) is 3.52. The maximum atomic E-state index is 5.75. The number of aliphatic imine (C=N–C) groups is 2. The van der Waals surface area contributed by atoms with Gasteiger partial charge in [-0.1, -0.05) is 0 Å². The minimum Gasteiger partial charge on any atom is -0.0379 e. The van der Waals surface area contributed by atoms with E-state index in [1.165, 1.54) is 89.2 Å². The van der Waals surface area contributed by atoms with Gasteiger partial charge in [-0.05, 0) is 39.9 Å². The van der Waals surface area contributed by atoms with E-state index in [0.29, 0.717) is 7.60 Å². The van der Waals surface area contributed by atoms with Gasteiger partial charge in [-0.2, -0.15) is 0 Å². The second-order valence-corrected chi connectivity index (χ2v) is 6.19. The van der Waals surface area contributed by atoms with E-state index in [-0.39, 0.29) is 31.1 Å². The molecule has 2 radical (unpaired) electrons. The third kappa shape index (κ3) is 7.44. The van der Waals surface area contributed by atoms with E-state index in [1.54, 1.807) is 0 Å². The summed E-state index contributed by atoms with van der Waals surface area (Å²) in [6.45, 7) is 7.20. The van der Waals surface area contributed by atoms with Crippen molar-refractivity contribution in [1.82, 2.24) is 9.80 Å². The molecule has 1 N–H and O–H groups in total. The van der Waals surface area contributed by atoms with Crippen LogP contribution in [-0.4, -0.2) is 79.4 Å². The molecule has 4 aliphatic heterocycles. The van der Waals surface area contributed by atoms with Crippen LogP contribution in [0.25, 0.3) is 0 Å². The second kappa shape index (κ2) is 14.1. The van der Waals surface area contributed by atoms with Crippen LogP contribution in [0.1, 0.15) is 51.4 Å². The molecule has 4 rings (SSSR count). The van der Waals surface area contributed by atoms with Crippen LogP contribution in [0.3, 0.4) is 0 Å². The Morgan fingerprint density at radius 2 is 1.29 bits per heavy atom. The molecule has 0 unspecified atom stereocenters. The normalized spacial score (nSPS) is 22.0. The van der Waals surface area contributed by atoms with Gasteiger partial charge in [-0.15, -0.1) is 0 Å². The van der Waals surface area contributed by atoms with Crippen LogP contribution in [-0.2, 0) is 0 Å². The average Bonchev–Trinajstić information content (AvgIpc) is 3.02. The van der Waals surface area contributed by atoms with E-state index in [0.717, 1.165) is 13.1 Å². The molecule has 0 aliphatic carbocycles. The van der Waals surface area contributed by atoms with Crippen molar-refractivity contribution in [2.45, 2.75) is 51.4 Å². The van der Waals surface area contributed by atoms with Crippen molar-refractivity contribution in [2.24, 2.45) is 9.98 Å². The molecule has 4 heterocycles. The molecule has 0 bridgehead atoms. The zero-order chi connectivity index (χ0) is 18.3. The summed E-state index contributed by atoms with van der Waals surface area (Å²) in [5.74, 6) is 2.77. The predicted molar refractivity (Wildman–Crippen MR) is 102 cm³/mol. The molecule has 5 nitrogen and oxygen atoms in total. The summed E-state index contributed by atoms with van der Waals surface area (Å²) in [5.41, 5.74) is 0. The molecule has 2 fully saturated rings. The quantitative estimate of drug-likeness (QED) is 0.462. The van der Waals surface area contributed by atoms with Gasteiger partial charge in [0.1, 0.15) is 0 Å². The fourth-order valence-electron chi connectivity index (χ4n) is 3.52. The SMILES string of the molecule is C1CCN2CCCCC2=NC1.C1CN=C2CCCN2C1.[2H]B=N.[2H][B].[U]. The van der Waals surface area contributed by atoms with E-state index in [4.69, 9.17) is 7.98 Å². The van der Waals surface area contributed by atoms with E-state index >= 15 is 0 Å². The number of fused-ring (bicyclic) bond motifs is 2. The van der Waals surface area contributed by atoms with E-state index in [9.17, 15) is 0 Å². The Kier molecular flexibility index (Phi) is 11.9. The summed E-state index contributed by atoms with van der Waals surface area (Å²) < 4.78 is 11.0. The van der Waals surface area contributed by atoms with Crippen LogP contribution < -0.4 is 0 Å². The van der Waals surface area contributed by atoms with E-state index in [1.807, 2.05) is 0 Å².